The number of aliphatic hydroxyl groups excluding tert-OH is 1. The first kappa shape index (κ1) is 17.6. The fourth-order valence-electron chi connectivity index (χ4n) is 1.50. The summed E-state index contributed by atoms with van der Waals surface area (Å²) in [6.07, 6.45) is -0.622. The van der Waals surface area contributed by atoms with Crippen molar-refractivity contribution < 1.29 is 9.50 Å². The van der Waals surface area contributed by atoms with Crippen molar-refractivity contribution in [1.29, 1.82) is 0 Å². The zero-order chi connectivity index (χ0) is 13.2. The van der Waals surface area contributed by atoms with Crippen molar-refractivity contribution in [3.05, 3.63) is 34.6 Å². The summed E-state index contributed by atoms with van der Waals surface area (Å²) in [6.45, 7) is 5.95. The largest absolute Gasteiger partial charge is 0.388 e. The van der Waals surface area contributed by atoms with Gasteiger partial charge in [-0.1, -0.05) is 44.5 Å². The third kappa shape index (κ3) is 4.39. The molecule has 2 nitrogen and oxygen atoms in total. The molecule has 3 N–H and O–H groups in total. The second-order valence-electron chi connectivity index (χ2n) is 5.37. The van der Waals surface area contributed by atoms with Crippen LogP contribution in [0.15, 0.2) is 18.2 Å². The Bertz CT molecular complexity index is 393. The predicted octanol–water partition coefficient (Wildman–Crippen LogP) is 3.70. The van der Waals surface area contributed by atoms with Crippen LogP contribution in [-0.2, 0) is 0 Å². The van der Waals surface area contributed by atoms with Crippen LogP contribution in [0.2, 0.25) is 5.02 Å². The van der Waals surface area contributed by atoms with Gasteiger partial charge < -0.3 is 10.8 Å². The number of benzene rings is 1. The number of aliphatic hydroxyl groups is 1. The molecule has 18 heavy (non-hydrogen) atoms. The Balaban J connectivity index is 0.00000289. The first-order valence-corrected chi connectivity index (χ1v) is 5.99. The molecule has 0 unspecified atom stereocenters. The van der Waals surface area contributed by atoms with Crippen molar-refractivity contribution in [3.8, 4) is 0 Å². The maximum Gasteiger partial charge on any atom is 0.147 e. The highest BCUT2D eigenvalue weighted by Crippen LogP contribution is 2.29. The maximum absolute atomic E-state index is 13.7. The van der Waals surface area contributed by atoms with Crippen LogP contribution in [0, 0.1) is 11.2 Å². The van der Waals surface area contributed by atoms with Gasteiger partial charge in [0.1, 0.15) is 5.82 Å². The van der Waals surface area contributed by atoms with Crippen LogP contribution in [0.1, 0.15) is 38.9 Å². The second kappa shape index (κ2) is 6.71. The van der Waals surface area contributed by atoms with Crippen molar-refractivity contribution >= 4 is 24.0 Å². The smallest absolute Gasteiger partial charge is 0.147 e. The Morgan fingerprint density at radius 2 is 1.94 bits per heavy atom. The topological polar surface area (TPSA) is 46.2 Å². The van der Waals surface area contributed by atoms with Crippen molar-refractivity contribution in [2.24, 2.45) is 11.1 Å². The molecular formula is C13H20Cl2FNO. The predicted molar refractivity (Wildman–Crippen MR) is 75.7 cm³/mol. The van der Waals surface area contributed by atoms with Crippen LogP contribution in [0.3, 0.4) is 0 Å². The molecule has 0 aliphatic carbocycles. The molecule has 0 amide bonds. The molecule has 1 rings (SSSR count). The van der Waals surface area contributed by atoms with Gasteiger partial charge >= 0.3 is 0 Å². The lowest BCUT2D eigenvalue weighted by Crippen LogP contribution is -2.36. The van der Waals surface area contributed by atoms with Gasteiger partial charge in [-0.25, -0.2) is 4.39 Å². The van der Waals surface area contributed by atoms with Gasteiger partial charge in [0.2, 0.25) is 0 Å². The molecule has 0 fully saturated rings. The van der Waals surface area contributed by atoms with Crippen molar-refractivity contribution in [2.45, 2.75) is 39.3 Å². The van der Waals surface area contributed by atoms with Crippen molar-refractivity contribution in [2.75, 3.05) is 0 Å². The summed E-state index contributed by atoms with van der Waals surface area (Å²) < 4.78 is 13.7. The van der Waals surface area contributed by atoms with E-state index in [4.69, 9.17) is 17.3 Å². The minimum atomic E-state index is -0.928. The molecule has 104 valence electrons. The normalized spacial score (nSPS) is 14.8. The van der Waals surface area contributed by atoms with E-state index < -0.39 is 11.9 Å². The lowest BCUT2D eigenvalue weighted by Gasteiger charge is -2.29. The van der Waals surface area contributed by atoms with Gasteiger partial charge in [0.25, 0.3) is 0 Å². The maximum atomic E-state index is 13.7. The zero-order valence-electron chi connectivity index (χ0n) is 10.8. The molecule has 0 saturated heterocycles. The Morgan fingerprint density at radius 1 is 1.39 bits per heavy atom. The third-order valence-corrected chi connectivity index (χ3v) is 3.22. The number of rotatable bonds is 3. The Labute approximate surface area is 119 Å². The first-order chi connectivity index (χ1) is 7.73. The fourth-order valence-corrected chi connectivity index (χ4v) is 1.68. The number of hydrogen-bond donors (Lipinski definition) is 2. The molecule has 1 aromatic carbocycles. The summed E-state index contributed by atoms with van der Waals surface area (Å²) >= 11 is 5.67. The van der Waals surface area contributed by atoms with E-state index >= 15 is 0 Å². The van der Waals surface area contributed by atoms with E-state index in [9.17, 15) is 9.50 Å². The standard InChI is InChI=1S/C13H19ClFNO.ClH/c1-13(2,3)11(16)7-10(17)8-5-4-6-9(14)12(8)15;/h4-6,10-11,17H,7,16H2,1-3H3;1H/t10-,11-;/m1./s1. The van der Waals surface area contributed by atoms with Crippen molar-refractivity contribution in [1.82, 2.24) is 0 Å². The molecule has 5 heteroatoms. The zero-order valence-corrected chi connectivity index (χ0v) is 12.4. The minimum absolute atomic E-state index is 0. The lowest BCUT2D eigenvalue weighted by molar-refractivity contribution is 0.130. The highest BCUT2D eigenvalue weighted by Gasteiger charge is 2.25. The Morgan fingerprint density at radius 3 is 2.44 bits per heavy atom. The van der Waals surface area contributed by atoms with E-state index in [1.165, 1.54) is 12.1 Å². The van der Waals surface area contributed by atoms with Gasteiger partial charge in [0.05, 0.1) is 11.1 Å². The highest BCUT2D eigenvalue weighted by atomic mass is 35.5. The Hall–Kier alpha value is -0.350. The summed E-state index contributed by atoms with van der Waals surface area (Å²) in [5, 5.41) is 10.0. The Kier molecular flexibility index (Phi) is 6.58. The van der Waals surface area contributed by atoms with Crippen LogP contribution >= 0.6 is 24.0 Å². The highest BCUT2D eigenvalue weighted by molar-refractivity contribution is 6.30. The van der Waals surface area contributed by atoms with Gasteiger partial charge in [-0.15, -0.1) is 12.4 Å². The number of hydrogen-bond acceptors (Lipinski definition) is 2. The number of nitrogens with two attached hydrogens (primary N) is 1. The van der Waals surface area contributed by atoms with Crippen LogP contribution in [0.25, 0.3) is 0 Å². The van der Waals surface area contributed by atoms with E-state index in [1.54, 1.807) is 6.07 Å². The van der Waals surface area contributed by atoms with Crippen molar-refractivity contribution in [3.63, 3.8) is 0 Å². The molecule has 0 radical (unpaired) electrons. The molecule has 0 aliphatic heterocycles. The molecular weight excluding hydrogens is 276 g/mol. The SMILES string of the molecule is CC(C)(C)[C@H](N)C[C@@H](O)c1cccc(Cl)c1F.Cl. The summed E-state index contributed by atoms with van der Waals surface area (Å²) in [5.41, 5.74) is 6.04. The molecule has 1 aromatic rings. The van der Waals surface area contributed by atoms with Crippen LogP contribution in [-0.4, -0.2) is 11.1 Å². The summed E-state index contributed by atoms with van der Waals surface area (Å²) in [6, 6.07) is 4.39. The number of halogens is 3. The molecule has 0 aromatic heterocycles. The molecule has 2 atom stereocenters. The molecule has 0 saturated carbocycles. The van der Waals surface area contributed by atoms with Gasteiger partial charge in [-0.2, -0.15) is 0 Å². The van der Waals surface area contributed by atoms with Gasteiger partial charge in [0, 0.05) is 11.6 Å². The fraction of sp³-hybridized carbons (Fsp3) is 0.538. The first-order valence-electron chi connectivity index (χ1n) is 5.61. The van der Waals surface area contributed by atoms with E-state index in [0.717, 1.165) is 0 Å². The monoisotopic (exact) mass is 295 g/mol. The second-order valence-corrected chi connectivity index (χ2v) is 5.77. The minimum Gasteiger partial charge on any atom is -0.388 e. The van der Waals surface area contributed by atoms with E-state index in [0.29, 0.717) is 6.42 Å². The summed E-state index contributed by atoms with van der Waals surface area (Å²) in [5.74, 6) is -0.567. The molecule has 0 heterocycles. The quantitative estimate of drug-likeness (QED) is 0.893. The molecule has 0 aliphatic rings. The third-order valence-electron chi connectivity index (χ3n) is 2.93. The van der Waals surface area contributed by atoms with E-state index in [2.05, 4.69) is 0 Å². The average Bonchev–Trinajstić information content (AvgIpc) is 2.20. The summed E-state index contributed by atoms with van der Waals surface area (Å²) in [7, 11) is 0. The van der Waals surface area contributed by atoms with E-state index in [1.807, 2.05) is 20.8 Å². The molecule has 0 spiro atoms. The van der Waals surface area contributed by atoms with Gasteiger partial charge in [-0.05, 0) is 17.9 Å². The lowest BCUT2D eigenvalue weighted by atomic mass is 9.83. The van der Waals surface area contributed by atoms with Crippen LogP contribution < -0.4 is 5.73 Å². The van der Waals surface area contributed by atoms with Gasteiger partial charge in [0.15, 0.2) is 0 Å². The van der Waals surface area contributed by atoms with Crippen LogP contribution in [0.5, 0.6) is 0 Å². The molecule has 0 bridgehead atoms. The van der Waals surface area contributed by atoms with Gasteiger partial charge in [-0.3, -0.25) is 0 Å². The average molecular weight is 296 g/mol. The van der Waals surface area contributed by atoms with Crippen LogP contribution in [0.4, 0.5) is 4.39 Å². The van der Waals surface area contributed by atoms with E-state index in [-0.39, 0.29) is 34.4 Å². The summed E-state index contributed by atoms with van der Waals surface area (Å²) in [4.78, 5) is 0.